The molecule has 0 saturated heterocycles. The van der Waals surface area contributed by atoms with Gasteiger partial charge in [-0.2, -0.15) is 4.39 Å². The Bertz CT molecular complexity index is 686. The standard InChI is InChI=1S/C11H11NO.C5H4FN/c1-8-5-6-12-11-4-3-9(13-2)7-10(8)11;6-5-3-1-2-4-7-5/h3-7H,1-2H3;1-4H. The quantitative estimate of drug-likeness (QED) is 0.631. The third kappa shape index (κ3) is 3.51. The first kappa shape index (κ1) is 13.9. The summed E-state index contributed by atoms with van der Waals surface area (Å²) in [5.74, 6) is 0.450. The van der Waals surface area contributed by atoms with E-state index in [-0.39, 0.29) is 0 Å². The molecule has 2 heterocycles. The first-order valence-electron chi connectivity index (χ1n) is 6.16. The predicted octanol–water partition coefficient (Wildman–Crippen LogP) is 3.77. The lowest BCUT2D eigenvalue weighted by Gasteiger charge is -2.03. The topological polar surface area (TPSA) is 35.0 Å². The molecular weight excluding hydrogens is 255 g/mol. The molecule has 0 fully saturated rings. The van der Waals surface area contributed by atoms with Crippen LogP contribution in [0.25, 0.3) is 10.9 Å². The zero-order valence-electron chi connectivity index (χ0n) is 11.4. The molecule has 0 aliphatic rings. The minimum atomic E-state index is -0.428. The van der Waals surface area contributed by atoms with Crippen LogP contribution in [-0.4, -0.2) is 17.1 Å². The first-order chi connectivity index (χ1) is 9.70. The molecule has 3 aromatic rings. The van der Waals surface area contributed by atoms with Crippen molar-refractivity contribution >= 4 is 10.9 Å². The summed E-state index contributed by atoms with van der Waals surface area (Å²) in [6.45, 7) is 2.07. The molecule has 0 aliphatic carbocycles. The molecule has 102 valence electrons. The highest BCUT2D eigenvalue weighted by molar-refractivity contribution is 5.83. The Morgan fingerprint density at radius 3 is 2.45 bits per heavy atom. The molecule has 0 amide bonds. The van der Waals surface area contributed by atoms with Crippen LogP contribution in [0.15, 0.2) is 54.9 Å². The molecule has 20 heavy (non-hydrogen) atoms. The number of fused-ring (bicyclic) bond motifs is 1. The van der Waals surface area contributed by atoms with E-state index in [9.17, 15) is 4.39 Å². The van der Waals surface area contributed by atoms with Crippen molar-refractivity contribution in [2.24, 2.45) is 0 Å². The summed E-state index contributed by atoms with van der Waals surface area (Å²) in [7, 11) is 1.67. The highest BCUT2D eigenvalue weighted by Crippen LogP contribution is 2.21. The van der Waals surface area contributed by atoms with Gasteiger partial charge in [0.05, 0.1) is 12.6 Å². The molecule has 0 spiro atoms. The van der Waals surface area contributed by atoms with Gasteiger partial charge >= 0.3 is 0 Å². The van der Waals surface area contributed by atoms with E-state index in [1.54, 1.807) is 19.2 Å². The largest absolute Gasteiger partial charge is 0.497 e. The molecule has 3 nitrogen and oxygen atoms in total. The molecule has 0 unspecified atom stereocenters. The van der Waals surface area contributed by atoms with Crippen molar-refractivity contribution in [2.45, 2.75) is 6.92 Å². The molecule has 0 radical (unpaired) electrons. The number of nitrogens with zero attached hydrogens (tertiary/aromatic N) is 2. The first-order valence-corrected chi connectivity index (χ1v) is 6.16. The van der Waals surface area contributed by atoms with Crippen molar-refractivity contribution in [1.29, 1.82) is 0 Å². The van der Waals surface area contributed by atoms with Gasteiger partial charge in [0.1, 0.15) is 5.75 Å². The van der Waals surface area contributed by atoms with E-state index in [0.717, 1.165) is 16.7 Å². The summed E-state index contributed by atoms with van der Waals surface area (Å²) < 4.78 is 16.9. The highest BCUT2D eigenvalue weighted by Gasteiger charge is 1.98. The number of benzene rings is 1. The Morgan fingerprint density at radius 1 is 1.00 bits per heavy atom. The number of rotatable bonds is 1. The maximum absolute atomic E-state index is 11.8. The minimum absolute atomic E-state index is 0.428. The minimum Gasteiger partial charge on any atom is -0.497 e. The molecule has 1 aromatic carbocycles. The van der Waals surface area contributed by atoms with E-state index in [0.29, 0.717) is 0 Å². The zero-order chi connectivity index (χ0) is 14.4. The third-order valence-electron chi connectivity index (χ3n) is 2.80. The number of ether oxygens (including phenoxy) is 1. The molecule has 0 N–H and O–H groups in total. The second-order valence-corrected chi connectivity index (χ2v) is 4.16. The fraction of sp³-hybridized carbons (Fsp3) is 0.125. The summed E-state index contributed by atoms with van der Waals surface area (Å²) in [5, 5.41) is 1.15. The van der Waals surface area contributed by atoms with Gasteiger partial charge in [0.15, 0.2) is 0 Å². The van der Waals surface area contributed by atoms with E-state index >= 15 is 0 Å². The van der Waals surface area contributed by atoms with Crippen molar-refractivity contribution < 1.29 is 9.13 Å². The molecule has 0 bridgehead atoms. The van der Waals surface area contributed by atoms with Gasteiger partial charge in [-0.05, 0) is 48.9 Å². The lowest BCUT2D eigenvalue weighted by atomic mass is 10.1. The molecule has 2 aromatic heterocycles. The van der Waals surface area contributed by atoms with Crippen LogP contribution < -0.4 is 4.74 Å². The lowest BCUT2D eigenvalue weighted by molar-refractivity contribution is 0.415. The SMILES string of the molecule is COc1ccc2nccc(C)c2c1.Fc1ccccn1. The van der Waals surface area contributed by atoms with Gasteiger partial charge in [0.2, 0.25) is 5.95 Å². The van der Waals surface area contributed by atoms with Crippen LogP contribution in [-0.2, 0) is 0 Å². The van der Waals surface area contributed by atoms with Crippen molar-refractivity contribution in [1.82, 2.24) is 9.97 Å². The van der Waals surface area contributed by atoms with Gasteiger partial charge in [-0.1, -0.05) is 6.07 Å². The summed E-state index contributed by atoms with van der Waals surface area (Å²) in [6.07, 6.45) is 3.24. The molecule has 3 rings (SSSR count). The number of aromatic nitrogens is 2. The van der Waals surface area contributed by atoms with Crippen LogP contribution in [0.4, 0.5) is 4.39 Å². The van der Waals surface area contributed by atoms with Gasteiger partial charge in [0, 0.05) is 17.8 Å². The van der Waals surface area contributed by atoms with E-state index < -0.39 is 5.95 Å². The maximum Gasteiger partial charge on any atom is 0.212 e. The van der Waals surface area contributed by atoms with Crippen molar-refractivity contribution in [3.63, 3.8) is 0 Å². The summed E-state index contributed by atoms with van der Waals surface area (Å²) in [4.78, 5) is 7.57. The van der Waals surface area contributed by atoms with E-state index in [1.165, 1.54) is 17.8 Å². The zero-order valence-corrected chi connectivity index (χ0v) is 11.4. The van der Waals surface area contributed by atoms with Gasteiger partial charge in [-0.3, -0.25) is 4.98 Å². The van der Waals surface area contributed by atoms with Crippen molar-refractivity contribution in [3.05, 3.63) is 66.4 Å². The number of methoxy groups -OCH3 is 1. The Kier molecular flexibility index (Phi) is 4.60. The van der Waals surface area contributed by atoms with Crippen LogP contribution in [0.1, 0.15) is 5.56 Å². The summed E-state index contributed by atoms with van der Waals surface area (Å²) in [5.41, 5.74) is 2.24. The van der Waals surface area contributed by atoms with Gasteiger partial charge < -0.3 is 4.74 Å². The van der Waals surface area contributed by atoms with Crippen LogP contribution in [0.2, 0.25) is 0 Å². The monoisotopic (exact) mass is 270 g/mol. The van der Waals surface area contributed by atoms with E-state index in [1.807, 2.05) is 30.5 Å². The molecular formula is C16H15FN2O. The Labute approximate surface area is 117 Å². The highest BCUT2D eigenvalue weighted by atomic mass is 19.1. The lowest BCUT2D eigenvalue weighted by Crippen LogP contribution is -1.85. The average Bonchev–Trinajstić information content (AvgIpc) is 2.49. The summed E-state index contributed by atoms with van der Waals surface area (Å²) in [6, 6.07) is 12.5. The van der Waals surface area contributed by atoms with Gasteiger partial charge in [0.25, 0.3) is 0 Å². The normalized spacial score (nSPS) is 9.75. The number of hydrogen-bond acceptors (Lipinski definition) is 3. The Hall–Kier alpha value is -2.49. The maximum atomic E-state index is 11.8. The smallest absolute Gasteiger partial charge is 0.212 e. The fourth-order valence-electron chi connectivity index (χ4n) is 1.73. The second-order valence-electron chi connectivity index (χ2n) is 4.16. The molecule has 0 aliphatic heterocycles. The Morgan fingerprint density at radius 2 is 1.85 bits per heavy atom. The number of halogens is 1. The summed E-state index contributed by atoms with van der Waals surface area (Å²) >= 11 is 0. The van der Waals surface area contributed by atoms with E-state index in [2.05, 4.69) is 16.9 Å². The fourth-order valence-corrected chi connectivity index (χ4v) is 1.73. The van der Waals surface area contributed by atoms with E-state index in [4.69, 9.17) is 4.74 Å². The van der Waals surface area contributed by atoms with Crippen molar-refractivity contribution in [3.8, 4) is 5.75 Å². The predicted molar refractivity (Wildman–Crippen MR) is 77.2 cm³/mol. The second kappa shape index (κ2) is 6.61. The third-order valence-corrected chi connectivity index (χ3v) is 2.80. The van der Waals surface area contributed by atoms with Gasteiger partial charge in [-0.25, -0.2) is 4.98 Å². The van der Waals surface area contributed by atoms with Gasteiger partial charge in [-0.15, -0.1) is 0 Å². The van der Waals surface area contributed by atoms with Crippen LogP contribution in [0, 0.1) is 12.9 Å². The number of aryl methyl sites for hydroxylation is 1. The molecule has 4 heteroatoms. The number of pyridine rings is 2. The van der Waals surface area contributed by atoms with Crippen LogP contribution >= 0.6 is 0 Å². The average molecular weight is 270 g/mol. The number of hydrogen-bond donors (Lipinski definition) is 0. The van der Waals surface area contributed by atoms with Crippen molar-refractivity contribution in [2.75, 3.05) is 7.11 Å². The molecule has 0 saturated carbocycles. The Balaban J connectivity index is 0.000000178. The van der Waals surface area contributed by atoms with Crippen LogP contribution in [0.5, 0.6) is 5.75 Å². The molecule has 0 atom stereocenters. The van der Waals surface area contributed by atoms with Crippen LogP contribution in [0.3, 0.4) is 0 Å².